The Balaban J connectivity index is 0.00000324. The molecule has 0 saturated carbocycles. The summed E-state index contributed by atoms with van der Waals surface area (Å²) in [6.07, 6.45) is 3.65. The van der Waals surface area contributed by atoms with Crippen LogP contribution in [0.2, 0.25) is 0 Å². The van der Waals surface area contributed by atoms with Crippen LogP contribution in [0.25, 0.3) is 22.4 Å². The van der Waals surface area contributed by atoms with E-state index in [0.717, 1.165) is 18.4 Å². The normalized spacial score (nSPS) is 15.4. The summed E-state index contributed by atoms with van der Waals surface area (Å²) in [5.74, 6) is 0.778. The van der Waals surface area contributed by atoms with E-state index in [9.17, 15) is 13.2 Å². The number of piperazine rings is 1. The van der Waals surface area contributed by atoms with Crippen LogP contribution >= 0.6 is 12.4 Å². The molecule has 1 saturated heterocycles. The molecule has 34 heavy (non-hydrogen) atoms. The highest BCUT2D eigenvalue weighted by Gasteiger charge is 2.29. The number of aryl methyl sites for hydroxylation is 2. The highest BCUT2D eigenvalue weighted by Crippen LogP contribution is 2.32. The van der Waals surface area contributed by atoms with Crippen molar-refractivity contribution in [3.05, 3.63) is 40.3 Å². The van der Waals surface area contributed by atoms with E-state index in [1.807, 2.05) is 27.2 Å². The van der Waals surface area contributed by atoms with Gasteiger partial charge in [-0.15, -0.1) is 12.4 Å². The van der Waals surface area contributed by atoms with Gasteiger partial charge in [0.25, 0.3) is 5.56 Å². The number of nitrogens with zero attached hydrogens (tertiary/aromatic N) is 4. The molecule has 3 aromatic rings. The summed E-state index contributed by atoms with van der Waals surface area (Å²) in [5.41, 5.74) is 2.31. The van der Waals surface area contributed by atoms with Gasteiger partial charge in [0.2, 0.25) is 10.0 Å². The second-order valence-corrected chi connectivity index (χ2v) is 10.4. The summed E-state index contributed by atoms with van der Waals surface area (Å²) in [4.78, 5) is 22.8. The SMILES string of the molecule is CCCc1cn(C)c2c(=O)[nH]c(-c3cc(S(=O)(=O)N4CCN(C)CC4)ccc3OCC)nc12.Cl. The maximum absolute atomic E-state index is 13.3. The maximum Gasteiger partial charge on any atom is 0.275 e. The summed E-state index contributed by atoms with van der Waals surface area (Å²) in [7, 11) is 0.120. The highest BCUT2D eigenvalue weighted by atomic mass is 35.5. The number of sulfonamides is 1. The molecule has 186 valence electrons. The summed E-state index contributed by atoms with van der Waals surface area (Å²) in [5, 5.41) is 0. The number of hydrogen-bond acceptors (Lipinski definition) is 6. The Morgan fingerprint density at radius 3 is 2.47 bits per heavy atom. The Hall–Kier alpha value is -2.40. The van der Waals surface area contributed by atoms with E-state index in [1.165, 1.54) is 4.31 Å². The Morgan fingerprint density at radius 2 is 1.82 bits per heavy atom. The van der Waals surface area contributed by atoms with Crippen LogP contribution in [0.5, 0.6) is 5.75 Å². The number of aromatic nitrogens is 3. The van der Waals surface area contributed by atoms with E-state index >= 15 is 0 Å². The number of benzene rings is 1. The van der Waals surface area contributed by atoms with Gasteiger partial charge in [0, 0.05) is 39.4 Å². The van der Waals surface area contributed by atoms with Crippen LogP contribution in [-0.2, 0) is 23.5 Å². The number of aromatic amines is 1. The molecule has 2 aromatic heterocycles. The predicted molar refractivity (Wildman–Crippen MR) is 135 cm³/mol. The minimum absolute atomic E-state index is 0. The summed E-state index contributed by atoms with van der Waals surface area (Å²) < 4.78 is 35.7. The summed E-state index contributed by atoms with van der Waals surface area (Å²) >= 11 is 0. The molecule has 1 aromatic carbocycles. The molecule has 4 rings (SSSR count). The van der Waals surface area contributed by atoms with Gasteiger partial charge in [0.15, 0.2) is 0 Å². The monoisotopic (exact) mass is 509 g/mol. The second kappa shape index (κ2) is 10.5. The number of fused-ring (bicyclic) bond motifs is 1. The van der Waals surface area contributed by atoms with Gasteiger partial charge in [0.1, 0.15) is 17.1 Å². The van der Waals surface area contributed by atoms with Crippen LogP contribution in [-0.4, -0.2) is 72.0 Å². The number of halogens is 1. The van der Waals surface area contributed by atoms with Crippen molar-refractivity contribution in [2.75, 3.05) is 39.8 Å². The molecule has 0 amide bonds. The highest BCUT2D eigenvalue weighted by molar-refractivity contribution is 7.89. The van der Waals surface area contributed by atoms with E-state index in [-0.39, 0.29) is 22.9 Å². The molecule has 9 nitrogen and oxygen atoms in total. The molecule has 1 aliphatic rings. The fourth-order valence-corrected chi connectivity index (χ4v) is 5.72. The van der Waals surface area contributed by atoms with Gasteiger partial charge in [-0.1, -0.05) is 13.3 Å². The van der Waals surface area contributed by atoms with Crippen LogP contribution in [0.3, 0.4) is 0 Å². The lowest BCUT2D eigenvalue weighted by Crippen LogP contribution is -2.47. The number of H-pyrrole nitrogens is 1. The molecule has 1 N–H and O–H groups in total. The van der Waals surface area contributed by atoms with Crippen LogP contribution in [0.15, 0.2) is 34.1 Å². The smallest absolute Gasteiger partial charge is 0.275 e. The van der Waals surface area contributed by atoms with E-state index in [0.29, 0.717) is 61.0 Å². The average molecular weight is 510 g/mol. The first-order chi connectivity index (χ1) is 15.8. The van der Waals surface area contributed by atoms with Gasteiger partial charge >= 0.3 is 0 Å². The standard InChI is InChI=1S/C23H31N5O4S.ClH/c1-5-7-16-15-27(4)21-20(16)24-22(25-23(21)29)18-14-17(8-9-19(18)32-6-2)33(30,31)28-12-10-26(3)11-13-28;/h8-9,14-15H,5-7,10-13H2,1-4H3,(H,24,25,29);1H. The number of likely N-dealkylation sites (N-methyl/N-ethyl adjacent to an activating group) is 1. The number of ether oxygens (including phenoxy) is 1. The number of rotatable bonds is 7. The van der Waals surface area contributed by atoms with Gasteiger partial charge in [-0.2, -0.15) is 4.31 Å². The first-order valence-electron chi connectivity index (χ1n) is 11.3. The molecule has 0 aliphatic carbocycles. The van der Waals surface area contributed by atoms with E-state index in [1.54, 1.807) is 22.8 Å². The fraction of sp³-hybridized carbons (Fsp3) is 0.478. The zero-order valence-electron chi connectivity index (χ0n) is 20.0. The molecule has 1 fully saturated rings. The Kier molecular flexibility index (Phi) is 8.07. The van der Waals surface area contributed by atoms with Gasteiger partial charge in [0.05, 0.1) is 22.6 Å². The maximum atomic E-state index is 13.3. The molecule has 0 radical (unpaired) electrons. The molecule has 11 heteroatoms. The molecule has 0 bridgehead atoms. The molecule has 0 spiro atoms. The zero-order valence-corrected chi connectivity index (χ0v) is 21.6. The number of nitrogens with one attached hydrogen (secondary N) is 1. The van der Waals surface area contributed by atoms with Gasteiger partial charge in [-0.3, -0.25) is 4.79 Å². The van der Waals surface area contributed by atoms with Crippen molar-refractivity contribution in [2.45, 2.75) is 31.6 Å². The van der Waals surface area contributed by atoms with Crippen LogP contribution in [0.4, 0.5) is 0 Å². The lowest BCUT2D eigenvalue weighted by Gasteiger charge is -2.31. The minimum atomic E-state index is -3.69. The lowest BCUT2D eigenvalue weighted by molar-refractivity contribution is 0.222. The van der Waals surface area contributed by atoms with Gasteiger partial charge < -0.3 is 19.2 Å². The van der Waals surface area contributed by atoms with Crippen LogP contribution in [0, 0.1) is 0 Å². The first kappa shape index (κ1) is 26.2. The van der Waals surface area contributed by atoms with Crippen molar-refractivity contribution >= 4 is 33.5 Å². The molecule has 0 atom stereocenters. The lowest BCUT2D eigenvalue weighted by atomic mass is 10.1. The van der Waals surface area contributed by atoms with Gasteiger partial charge in [-0.25, -0.2) is 13.4 Å². The van der Waals surface area contributed by atoms with Crippen molar-refractivity contribution in [3.8, 4) is 17.1 Å². The summed E-state index contributed by atoms with van der Waals surface area (Å²) in [6, 6.07) is 4.76. The quantitative estimate of drug-likeness (QED) is 0.525. The van der Waals surface area contributed by atoms with Crippen LogP contribution in [0.1, 0.15) is 25.8 Å². The molecular weight excluding hydrogens is 478 g/mol. The molecular formula is C23H32ClN5O4S. The van der Waals surface area contributed by atoms with Gasteiger partial charge in [-0.05, 0) is 44.2 Å². The third kappa shape index (κ3) is 4.86. The van der Waals surface area contributed by atoms with Crippen molar-refractivity contribution in [3.63, 3.8) is 0 Å². The van der Waals surface area contributed by atoms with Crippen molar-refractivity contribution in [1.82, 2.24) is 23.7 Å². The molecule has 3 heterocycles. The van der Waals surface area contributed by atoms with Crippen molar-refractivity contribution in [1.29, 1.82) is 0 Å². The first-order valence-corrected chi connectivity index (χ1v) is 12.7. The summed E-state index contributed by atoms with van der Waals surface area (Å²) in [6.45, 7) is 6.57. The van der Waals surface area contributed by atoms with Crippen LogP contribution < -0.4 is 10.3 Å². The third-order valence-corrected chi connectivity index (χ3v) is 7.92. The predicted octanol–water partition coefficient (Wildman–Crippen LogP) is 2.64. The van der Waals surface area contributed by atoms with E-state index in [2.05, 4.69) is 16.8 Å². The topological polar surface area (TPSA) is 101 Å². The van der Waals surface area contributed by atoms with Crippen molar-refractivity contribution < 1.29 is 13.2 Å². The van der Waals surface area contributed by atoms with E-state index < -0.39 is 10.0 Å². The number of hydrogen-bond donors (Lipinski definition) is 1. The molecule has 0 unspecified atom stereocenters. The van der Waals surface area contributed by atoms with E-state index in [4.69, 9.17) is 9.72 Å². The minimum Gasteiger partial charge on any atom is -0.493 e. The fourth-order valence-electron chi connectivity index (χ4n) is 4.27. The zero-order chi connectivity index (χ0) is 23.8. The second-order valence-electron chi connectivity index (χ2n) is 8.43. The Labute approximate surface area is 206 Å². The molecule has 1 aliphatic heterocycles. The third-order valence-electron chi connectivity index (χ3n) is 6.03. The van der Waals surface area contributed by atoms with Crippen molar-refractivity contribution in [2.24, 2.45) is 7.05 Å². The Morgan fingerprint density at radius 1 is 1.12 bits per heavy atom. The Bertz CT molecular complexity index is 1330. The largest absolute Gasteiger partial charge is 0.493 e. The average Bonchev–Trinajstić information content (AvgIpc) is 3.10.